The fraction of sp³-hybridized carbons (Fsp3) is 0.560. The van der Waals surface area contributed by atoms with Gasteiger partial charge >= 0.3 is 6.09 Å². The van der Waals surface area contributed by atoms with Crippen LogP contribution in [-0.4, -0.2) is 76.5 Å². The van der Waals surface area contributed by atoms with Crippen LogP contribution in [0.25, 0.3) is 10.8 Å². The van der Waals surface area contributed by atoms with Gasteiger partial charge in [0.15, 0.2) is 0 Å². The van der Waals surface area contributed by atoms with Crippen LogP contribution in [0.4, 0.5) is 4.79 Å². The Bertz CT molecular complexity index is 916. The molecule has 1 aromatic heterocycles. The summed E-state index contributed by atoms with van der Waals surface area (Å²) >= 11 is 1.73. The van der Waals surface area contributed by atoms with Crippen molar-refractivity contribution in [3.8, 4) is 0 Å². The fourth-order valence-electron chi connectivity index (χ4n) is 3.36. The lowest BCUT2D eigenvalue weighted by molar-refractivity contribution is -0.132. The summed E-state index contributed by atoms with van der Waals surface area (Å²) in [6.45, 7) is 12.6. The molecule has 182 valence electrons. The molecule has 0 atom stereocenters. The van der Waals surface area contributed by atoms with Crippen molar-refractivity contribution in [2.24, 2.45) is 0 Å². The summed E-state index contributed by atoms with van der Waals surface area (Å²) < 4.78 is 7.67. The third-order valence-electron chi connectivity index (χ3n) is 4.98. The number of pyridine rings is 1. The van der Waals surface area contributed by atoms with Crippen molar-refractivity contribution in [2.75, 3.05) is 39.8 Å². The summed E-state index contributed by atoms with van der Waals surface area (Å²) in [6, 6.07) is 8.41. The first kappa shape index (κ1) is 26.9. The number of fused-ring (bicyclic) bond motifs is 1. The maximum atomic E-state index is 12.8. The van der Waals surface area contributed by atoms with Gasteiger partial charge in [-0.05, 0) is 69.1 Å². The van der Waals surface area contributed by atoms with Gasteiger partial charge in [-0.3, -0.25) is 9.78 Å². The lowest BCUT2D eigenvalue weighted by Gasteiger charge is -2.31. The minimum atomic E-state index is -0.577. The Hall–Kier alpha value is -2.32. The summed E-state index contributed by atoms with van der Waals surface area (Å²) in [7, 11) is 1.60. The second kappa shape index (κ2) is 12.8. The smallest absolute Gasteiger partial charge is 0.410 e. The third kappa shape index (κ3) is 8.85. The van der Waals surface area contributed by atoms with Gasteiger partial charge in [-0.15, -0.1) is 0 Å². The standard InChI is InChI=1S/C23H32N4O3S.C2H6/c1-23(2,3)30-22(29)25(4)17-21(28)26-11-5-6-12-27(14-13-26)31-20-8-7-19-16-24-10-9-18(19)15-20;1-2/h7-10,15-16H,5-6,11-14,17H2,1-4H3;1-2H3. The summed E-state index contributed by atoms with van der Waals surface area (Å²) in [5.74, 6) is -0.0431. The van der Waals surface area contributed by atoms with E-state index >= 15 is 0 Å². The van der Waals surface area contributed by atoms with Crippen LogP contribution in [0.3, 0.4) is 0 Å². The first-order valence-electron chi connectivity index (χ1n) is 11.7. The Balaban J connectivity index is 0.00000187. The normalized spacial score (nSPS) is 15.2. The molecule has 2 amide bonds. The largest absolute Gasteiger partial charge is 0.444 e. The second-order valence-electron chi connectivity index (χ2n) is 8.83. The number of aromatic nitrogens is 1. The van der Waals surface area contributed by atoms with Gasteiger partial charge in [0, 0.05) is 55.9 Å². The van der Waals surface area contributed by atoms with Gasteiger partial charge in [-0.1, -0.05) is 19.9 Å². The second-order valence-corrected chi connectivity index (χ2v) is 10.00. The highest BCUT2D eigenvalue weighted by Gasteiger charge is 2.24. The molecule has 33 heavy (non-hydrogen) atoms. The van der Waals surface area contributed by atoms with E-state index in [0.717, 1.165) is 37.9 Å². The van der Waals surface area contributed by atoms with Crippen LogP contribution in [0, 0.1) is 0 Å². The molecule has 1 aliphatic rings. The lowest BCUT2D eigenvalue weighted by Crippen LogP contribution is -2.46. The number of rotatable bonds is 4. The van der Waals surface area contributed by atoms with Crippen molar-refractivity contribution >= 4 is 34.7 Å². The Labute approximate surface area is 202 Å². The Morgan fingerprint density at radius 3 is 2.52 bits per heavy atom. The van der Waals surface area contributed by atoms with E-state index in [1.165, 1.54) is 15.2 Å². The molecule has 1 fully saturated rings. The van der Waals surface area contributed by atoms with E-state index < -0.39 is 11.7 Å². The molecule has 1 aliphatic heterocycles. The van der Waals surface area contributed by atoms with Gasteiger partial charge < -0.3 is 14.5 Å². The van der Waals surface area contributed by atoms with Gasteiger partial charge in [0.05, 0.1) is 0 Å². The third-order valence-corrected chi connectivity index (χ3v) is 6.07. The lowest BCUT2D eigenvalue weighted by atomic mass is 10.2. The van der Waals surface area contributed by atoms with Gasteiger partial charge in [0.2, 0.25) is 5.91 Å². The van der Waals surface area contributed by atoms with Crippen molar-refractivity contribution in [3.05, 3.63) is 36.7 Å². The fourth-order valence-corrected chi connectivity index (χ4v) is 4.36. The summed E-state index contributed by atoms with van der Waals surface area (Å²) in [6.07, 6.45) is 5.18. The van der Waals surface area contributed by atoms with Crippen molar-refractivity contribution in [3.63, 3.8) is 0 Å². The quantitative estimate of drug-likeness (QED) is 0.577. The zero-order chi connectivity index (χ0) is 24.4. The predicted molar refractivity (Wildman–Crippen MR) is 135 cm³/mol. The van der Waals surface area contributed by atoms with Crippen molar-refractivity contribution in [1.82, 2.24) is 19.1 Å². The van der Waals surface area contributed by atoms with Crippen LogP contribution in [-0.2, 0) is 9.53 Å². The van der Waals surface area contributed by atoms with E-state index in [2.05, 4.69) is 27.5 Å². The van der Waals surface area contributed by atoms with Crippen molar-refractivity contribution in [2.45, 2.75) is 58.0 Å². The van der Waals surface area contributed by atoms with E-state index in [0.29, 0.717) is 6.54 Å². The molecule has 3 rings (SSSR count). The highest BCUT2D eigenvalue weighted by molar-refractivity contribution is 7.97. The average molecular weight is 475 g/mol. The SMILES string of the molecule is CC.CN(CC(=O)N1CCCCN(Sc2ccc3cnccc3c2)CC1)C(=O)OC(C)(C)C. The first-order chi connectivity index (χ1) is 15.7. The average Bonchev–Trinajstić information content (AvgIpc) is 2.76. The van der Waals surface area contributed by atoms with E-state index in [1.54, 1.807) is 19.0 Å². The van der Waals surface area contributed by atoms with Gasteiger partial charge in [-0.25, -0.2) is 9.10 Å². The highest BCUT2D eigenvalue weighted by Crippen LogP contribution is 2.27. The number of carbonyl (C=O) groups is 2. The van der Waals surface area contributed by atoms with Gasteiger partial charge in [0.25, 0.3) is 0 Å². The molecule has 7 nitrogen and oxygen atoms in total. The number of ether oxygens (including phenoxy) is 1. The van der Waals surface area contributed by atoms with Gasteiger partial charge in [0.1, 0.15) is 12.1 Å². The van der Waals surface area contributed by atoms with Crippen LogP contribution in [0.15, 0.2) is 41.6 Å². The Morgan fingerprint density at radius 1 is 1.06 bits per heavy atom. The molecular formula is C25H38N4O3S. The topological polar surface area (TPSA) is 66.0 Å². The van der Waals surface area contributed by atoms with E-state index in [-0.39, 0.29) is 12.5 Å². The van der Waals surface area contributed by atoms with Crippen LogP contribution in [0.5, 0.6) is 0 Å². The van der Waals surface area contributed by atoms with E-state index in [4.69, 9.17) is 4.74 Å². The molecule has 1 saturated heterocycles. The number of benzene rings is 1. The molecule has 0 bridgehead atoms. The van der Waals surface area contributed by atoms with E-state index in [9.17, 15) is 9.59 Å². The number of likely N-dealkylation sites (N-methyl/N-ethyl adjacent to an activating group) is 1. The molecule has 8 heteroatoms. The van der Waals surface area contributed by atoms with Crippen molar-refractivity contribution < 1.29 is 14.3 Å². The van der Waals surface area contributed by atoms with Crippen LogP contribution in [0.2, 0.25) is 0 Å². The molecule has 0 aliphatic carbocycles. The number of hydrogen-bond donors (Lipinski definition) is 0. The molecule has 0 unspecified atom stereocenters. The number of amides is 2. The first-order valence-corrected chi connectivity index (χ1v) is 12.5. The van der Waals surface area contributed by atoms with Crippen molar-refractivity contribution in [1.29, 1.82) is 0 Å². The number of carbonyl (C=O) groups excluding carboxylic acids is 2. The predicted octanol–water partition coefficient (Wildman–Crippen LogP) is 5.06. The monoisotopic (exact) mass is 474 g/mol. The number of hydrogen-bond acceptors (Lipinski definition) is 6. The molecule has 0 saturated carbocycles. The van der Waals surface area contributed by atoms with Crippen LogP contribution in [0.1, 0.15) is 47.5 Å². The zero-order valence-electron chi connectivity index (χ0n) is 20.8. The summed E-state index contributed by atoms with van der Waals surface area (Å²) in [5.41, 5.74) is -0.577. The van der Waals surface area contributed by atoms with Gasteiger partial charge in [-0.2, -0.15) is 0 Å². The molecule has 2 aromatic rings. The molecule has 2 heterocycles. The summed E-state index contributed by atoms with van der Waals surface area (Å²) in [5, 5.41) is 2.31. The zero-order valence-corrected chi connectivity index (χ0v) is 21.7. The maximum Gasteiger partial charge on any atom is 0.410 e. The number of nitrogens with zero attached hydrogens (tertiary/aromatic N) is 4. The molecular weight excluding hydrogens is 436 g/mol. The molecule has 1 aromatic carbocycles. The molecule has 0 radical (unpaired) electrons. The summed E-state index contributed by atoms with van der Waals surface area (Å²) in [4.78, 5) is 33.5. The molecule has 0 N–H and O–H groups in total. The Kier molecular flexibility index (Phi) is 10.4. The maximum absolute atomic E-state index is 12.8. The minimum Gasteiger partial charge on any atom is -0.444 e. The minimum absolute atomic E-state index is 0.0285. The van der Waals surface area contributed by atoms with Crippen LogP contribution < -0.4 is 0 Å². The molecule has 0 spiro atoms. The van der Waals surface area contributed by atoms with E-state index in [1.807, 2.05) is 58.0 Å². The van der Waals surface area contributed by atoms with Crippen LogP contribution >= 0.6 is 11.9 Å². The highest BCUT2D eigenvalue weighted by atomic mass is 32.2. The Morgan fingerprint density at radius 2 is 1.79 bits per heavy atom.